The fourth-order valence-corrected chi connectivity index (χ4v) is 1.19. The first-order valence-electron chi connectivity index (χ1n) is 2.95. The minimum atomic E-state index is 1.08. The average Bonchev–Trinajstić information content (AvgIpc) is 2.18. The number of aromatic amines is 1. The molecule has 1 radical (unpaired) electrons. The van der Waals surface area contributed by atoms with Crippen molar-refractivity contribution in [2.45, 2.75) is 19.8 Å². The summed E-state index contributed by atoms with van der Waals surface area (Å²) in [6.45, 7) is 2.15. The third kappa shape index (κ3) is 1.67. The van der Waals surface area contributed by atoms with Crippen LogP contribution >= 0.6 is 22.6 Å². The summed E-state index contributed by atoms with van der Waals surface area (Å²) in [5.41, 5.74) is 1.21. The third-order valence-corrected chi connectivity index (χ3v) is 2.00. The molecule has 0 saturated heterocycles. The molecular formula is C6H8IN2. The third-order valence-electron chi connectivity index (χ3n) is 1.11. The van der Waals surface area contributed by atoms with Crippen molar-refractivity contribution in [2.24, 2.45) is 0 Å². The zero-order chi connectivity index (χ0) is 6.69. The highest BCUT2D eigenvalue weighted by atomic mass is 127. The molecule has 0 unspecified atom stereocenters. The summed E-state index contributed by atoms with van der Waals surface area (Å²) in [7, 11) is 0. The fourth-order valence-electron chi connectivity index (χ4n) is 0.677. The summed E-state index contributed by atoms with van der Waals surface area (Å²) >= 11 is 2.23. The van der Waals surface area contributed by atoms with Crippen LogP contribution in [0.3, 0.4) is 0 Å². The number of aromatic nitrogens is 2. The van der Waals surface area contributed by atoms with Crippen molar-refractivity contribution in [3.63, 3.8) is 0 Å². The van der Waals surface area contributed by atoms with E-state index >= 15 is 0 Å². The van der Waals surface area contributed by atoms with Gasteiger partial charge >= 0.3 is 0 Å². The average molecular weight is 235 g/mol. The van der Waals surface area contributed by atoms with Gasteiger partial charge in [-0.25, -0.2) is 0 Å². The summed E-state index contributed by atoms with van der Waals surface area (Å²) in [4.78, 5) is 0. The summed E-state index contributed by atoms with van der Waals surface area (Å²) in [6, 6.07) is 0. The maximum absolute atomic E-state index is 3.78. The van der Waals surface area contributed by atoms with Crippen LogP contribution in [0, 0.1) is 9.77 Å². The van der Waals surface area contributed by atoms with Gasteiger partial charge in [-0.15, -0.1) is 0 Å². The Morgan fingerprint density at radius 2 is 2.56 bits per heavy atom. The van der Waals surface area contributed by atoms with Crippen LogP contribution in [-0.4, -0.2) is 10.2 Å². The molecule has 2 nitrogen and oxygen atoms in total. The number of rotatable bonds is 2. The molecule has 1 aromatic heterocycles. The SMILES string of the molecule is CCCc1[nH]n[c]c1I. The predicted octanol–water partition coefficient (Wildman–Crippen LogP) is 1.77. The lowest BCUT2D eigenvalue weighted by Crippen LogP contribution is -1.84. The maximum Gasteiger partial charge on any atom is 0.127 e. The lowest BCUT2D eigenvalue weighted by molar-refractivity contribution is 0.863. The molecule has 0 saturated carbocycles. The van der Waals surface area contributed by atoms with Crippen molar-refractivity contribution in [3.8, 4) is 0 Å². The number of hydrogen-bond donors (Lipinski definition) is 1. The molecule has 0 aliphatic rings. The Morgan fingerprint density at radius 3 is 3.00 bits per heavy atom. The molecule has 0 fully saturated rings. The van der Waals surface area contributed by atoms with Gasteiger partial charge in [-0.2, -0.15) is 5.10 Å². The van der Waals surface area contributed by atoms with Crippen LogP contribution in [0.1, 0.15) is 19.0 Å². The summed E-state index contributed by atoms with van der Waals surface area (Å²) in [5.74, 6) is 0. The second kappa shape index (κ2) is 3.20. The van der Waals surface area contributed by atoms with E-state index in [0.29, 0.717) is 0 Å². The number of nitrogens with zero attached hydrogens (tertiary/aromatic N) is 1. The Morgan fingerprint density at radius 1 is 1.78 bits per heavy atom. The van der Waals surface area contributed by atoms with Crippen LogP contribution in [0.25, 0.3) is 0 Å². The van der Waals surface area contributed by atoms with E-state index in [2.05, 4.69) is 45.9 Å². The van der Waals surface area contributed by atoms with Crippen molar-refractivity contribution in [1.82, 2.24) is 10.2 Å². The van der Waals surface area contributed by atoms with Gasteiger partial charge in [0.05, 0.1) is 3.57 Å². The highest BCUT2D eigenvalue weighted by Crippen LogP contribution is 2.08. The van der Waals surface area contributed by atoms with E-state index in [1.54, 1.807) is 0 Å². The molecule has 1 rings (SSSR count). The Balaban J connectivity index is 2.69. The standard InChI is InChI=1S/C6H8IN2/c1-2-3-6-5(7)4-8-9-6/h2-3H2,1H3,(H,8,9). The molecule has 0 bridgehead atoms. The Kier molecular flexibility index (Phi) is 2.50. The Hall–Kier alpha value is -0.0600. The fraction of sp³-hybridized carbons (Fsp3) is 0.500. The minimum absolute atomic E-state index is 1.08. The smallest absolute Gasteiger partial charge is 0.127 e. The highest BCUT2D eigenvalue weighted by molar-refractivity contribution is 14.1. The van der Waals surface area contributed by atoms with Crippen LogP contribution in [0.5, 0.6) is 0 Å². The highest BCUT2D eigenvalue weighted by Gasteiger charge is 1.98. The predicted molar refractivity (Wildman–Crippen MR) is 44.1 cm³/mol. The van der Waals surface area contributed by atoms with Gasteiger partial charge in [0.25, 0.3) is 0 Å². The zero-order valence-corrected chi connectivity index (χ0v) is 7.40. The molecule has 0 aliphatic carbocycles. The molecule has 9 heavy (non-hydrogen) atoms. The first-order chi connectivity index (χ1) is 4.34. The molecule has 0 atom stereocenters. The van der Waals surface area contributed by atoms with Crippen LogP contribution in [0.4, 0.5) is 0 Å². The lowest BCUT2D eigenvalue weighted by Gasteiger charge is -1.90. The molecule has 0 amide bonds. The number of aryl methyl sites for hydroxylation is 1. The monoisotopic (exact) mass is 235 g/mol. The van der Waals surface area contributed by atoms with Gasteiger partial charge in [0.15, 0.2) is 0 Å². The van der Waals surface area contributed by atoms with E-state index in [-0.39, 0.29) is 0 Å². The lowest BCUT2D eigenvalue weighted by atomic mass is 10.3. The van der Waals surface area contributed by atoms with Crippen molar-refractivity contribution >= 4 is 22.6 Å². The first kappa shape index (κ1) is 7.05. The van der Waals surface area contributed by atoms with E-state index in [1.165, 1.54) is 5.69 Å². The van der Waals surface area contributed by atoms with Gasteiger partial charge in [0, 0.05) is 5.69 Å². The number of H-pyrrole nitrogens is 1. The van der Waals surface area contributed by atoms with Gasteiger partial charge in [0.2, 0.25) is 0 Å². The quantitative estimate of drug-likeness (QED) is 0.777. The van der Waals surface area contributed by atoms with Crippen molar-refractivity contribution in [1.29, 1.82) is 0 Å². The van der Waals surface area contributed by atoms with E-state index in [4.69, 9.17) is 0 Å². The second-order valence-corrected chi connectivity index (χ2v) is 2.96. The summed E-state index contributed by atoms with van der Waals surface area (Å²) in [5, 5.41) is 6.68. The number of halogens is 1. The van der Waals surface area contributed by atoms with Crippen molar-refractivity contribution in [2.75, 3.05) is 0 Å². The second-order valence-electron chi connectivity index (χ2n) is 1.88. The molecular weight excluding hydrogens is 227 g/mol. The molecule has 0 aromatic carbocycles. The van der Waals surface area contributed by atoms with E-state index in [9.17, 15) is 0 Å². The van der Waals surface area contributed by atoms with Crippen molar-refractivity contribution in [3.05, 3.63) is 15.5 Å². The molecule has 0 aliphatic heterocycles. The Labute approximate surface area is 68.2 Å². The molecule has 1 heterocycles. The minimum Gasteiger partial charge on any atom is -0.281 e. The first-order valence-corrected chi connectivity index (χ1v) is 4.03. The maximum atomic E-state index is 3.78. The van der Waals surface area contributed by atoms with Gasteiger partial charge < -0.3 is 0 Å². The van der Waals surface area contributed by atoms with Gasteiger partial charge in [-0.1, -0.05) is 13.3 Å². The van der Waals surface area contributed by atoms with Crippen LogP contribution in [-0.2, 0) is 6.42 Å². The largest absolute Gasteiger partial charge is 0.281 e. The molecule has 1 aromatic rings. The van der Waals surface area contributed by atoms with Crippen LogP contribution < -0.4 is 0 Å². The topological polar surface area (TPSA) is 28.7 Å². The number of hydrogen-bond acceptors (Lipinski definition) is 1. The molecule has 3 heteroatoms. The van der Waals surface area contributed by atoms with E-state index in [0.717, 1.165) is 16.4 Å². The van der Waals surface area contributed by atoms with Crippen LogP contribution in [0.2, 0.25) is 0 Å². The van der Waals surface area contributed by atoms with Crippen LogP contribution in [0.15, 0.2) is 0 Å². The Bertz CT molecular complexity index is 183. The zero-order valence-electron chi connectivity index (χ0n) is 5.24. The van der Waals surface area contributed by atoms with Gasteiger partial charge in [-0.3, -0.25) is 5.10 Å². The van der Waals surface area contributed by atoms with Gasteiger partial charge in [-0.05, 0) is 29.0 Å². The molecule has 1 N–H and O–H groups in total. The van der Waals surface area contributed by atoms with Crippen molar-refractivity contribution < 1.29 is 0 Å². The van der Waals surface area contributed by atoms with Gasteiger partial charge in [0.1, 0.15) is 6.20 Å². The number of nitrogens with one attached hydrogen (secondary N) is 1. The summed E-state index contributed by atoms with van der Waals surface area (Å²) in [6.07, 6.45) is 5.07. The normalized spacial score (nSPS) is 10.0. The summed E-state index contributed by atoms with van der Waals surface area (Å²) < 4.78 is 1.12. The van der Waals surface area contributed by atoms with E-state index in [1.807, 2.05) is 0 Å². The van der Waals surface area contributed by atoms with E-state index < -0.39 is 0 Å². The molecule has 0 spiro atoms. The molecule has 49 valence electrons.